The van der Waals surface area contributed by atoms with Crippen LogP contribution in [0, 0.1) is 6.92 Å². The normalized spacial score (nSPS) is 10.6. The van der Waals surface area contributed by atoms with Crippen molar-refractivity contribution in [3.63, 3.8) is 0 Å². The maximum Gasteiger partial charge on any atom is 0.228 e. The highest BCUT2D eigenvalue weighted by Crippen LogP contribution is 2.13. The molecule has 0 aliphatic carbocycles. The first-order valence-corrected chi connectivity index (χ1v) is 6.64. The Morgan fingerprint density at radius 1 is 1.33 bits per heavy atom. The van der Waals surface area contributed by atoms with Crippen LogP contribution >= 0.6 is 11.3 Å². The molecule has 0 amide bonds. The van der Waals surface area contributed by atoms with Crippen LogP contribution in [0.25, 0.3) is 0 Å². The number of nitrogens with zero attached hydrogens (tertiary/aromatic N) is 4. The van der Waals surface area contributed by atoms with Gasteiger partial charge in [-0.1, -0.05) is 6.92 Å². The topological polar surface area (TPSA) is 89.6 Å². The number of nitrogens with one attached hydrogen (secondary N) is 1. The van der Waals surface area contributed by atoms with Crippen LogP contribution in [0.2, 0.25) is 0 Å². The van der Waals surface area contributed by atoms with Crippen molar-refractivity contribution >= 4 is 23.2 Å². The minimum atomic E-state index is 0.261. The highest BCUT2D eigenvalue weighted by molar-refractivity contribution is 7.11. The van der Waals surface area contributed by atoms with Crippen LogP contribution in [0.15, 0.2) is 6.20 Å². The standard InChI is InChI=1S/C11H16N6S/c1-3-4-9-15-10(12)17-11(16-9)14-6-8-5-13-7(2)18-8/h5H,3-4,6H2,1-2H3,(H3,12,14,15,16,17). The summed E-state index contributed by atoms with van der Waals surface area (Å²) in [7, 11) is 0. The molecule has 6 nitrogen and oxygen atoms in total. The van der Waals surface area contributed by atoms with E-state index in [9.17, 15) is 0 Å². The van der Waals surface area contributed by atoms with Gasteiger partial charge >= 0.3 is 0 Å². The molecule has 0 saturated heterocycles. The van der Waals surface area contributed by atoms with Crippen LogP contribution in [0.3, 0.4) is 0 Å². The van der Waals surface area contributed by atoms with Crippen molar-refractivity contribution in [2.75, 3.05) is 11.1 Å². The number of aromatic nitrogens is 4. The van der Waals surface area contributed by atoms with E-state index < -0.39 is 0 Å². The van der Waals surface area contributed by atoms with E-state index in [1.807, 2.05) is 13.1 Å². The molecule has 0 aromatic carbocycles. The number of nitrogen functional groups attached to an aromatic ring is 1. The Bertz CT molecular complexity index is 524. The molecule has 0 aliphatic rings. The third-order valence-corrected chi connectivity index (χ3v) is 3.18. The van der Waals surface area contributed by atoms with Crippen LogP contribution in [0.5, 0.6) is 0 Å². The second-order valence-corrected chi connectivity index (χ2v) is 5.20. The summed E-state index contributed by atoms with van der Waals surface area (Å²) in [6.07, 6.45) is 3.64. The fraction of sp³-hybridized carbons (Fsp3) is 0.455. The molecule has 0 radical (unpaired) electrons. The largest absolute Gasteiger partial charge is 0.368 e. The molecule has 96 valence electrons. The zero-order valence-corrected chi connectivity index (χ0v) is 11.3. The lowest BCUT2D eigenvalue weighted by molar-refractivity contribution is 0.821. The number of nitrogens with two attached hydrogens (primary N) is 1. The summed E-state index contributed by atoms with van der Waals surface area (Å²) in [4.78, 5) is 17.8. The summed E-state index contributed by atoms with van der Waals surface area (Å²) in [6, 6.07) is 0. The number of anilines is 2. The van der Waals surface area contributed by atoms with Crippen molar-refractivity contribution in [2.45, 2.75) is 33.2 Å². The van der Waals surface area contributed by atoms with E-state index in [0.717, 1.165) is 28.6 Å². The van der Waals surface area contributed by atoms with Gasteiger partial charge in [-0.05, 0) is 13.3 Å². The molecule has 0 unspecified atom stereocenters. The summed E-state index contributed by atoms with van der Waals surface area (Å²) in [5, 5.41) is 4.19. The van der Waals surface area contributed by atoms with E-state index in [2.05, 4.69) is 32.2 Å². The summed E-state index contributed by atoms with van der Waals surface area (Å²) < 4.78 is 0. The minimum Gasteiger partial charge on any atom is -0.368 e. The third-order valence-electron chi connectivity index (χ3n) is 2.26. The average molecular weight is 264 g/mol. The smallest absolute Gasteiger partial charge is 0.228 e. The third kappa shape index (κ3) is 3.36. The van der Waals surface area contributed by atoms with Gasteiger partial charge in [0.15, 0.2) is 0 Å². The fourth-order valence-electron chi connectivity index (χ4n) is 1.51. The van der Waals surface area contributed by atoms with Gasteiger partial charge in [0.1, 0.15) is 5.82 Å². The van der Waals surface area contributed by atoms with Crippen molar-refractivity contribution < 1.29 is 0 Å². The van der Waals surface area contributed by atoms with Crippen LogP contribution < -0.4 is 11.1 Å². The van der Waals surface area contributed by atoms with Crippen LogP contribution in [-0.4, -0.2) is 19.9 Å². The Morgan fingerprint density at radius 2 is 2.17 bits per heavy atom. The Morgan fingerprint density at radius 3 is 2.83 bits per heavy atom. The molecule has 0 saturated carbocycles. The lowest BCUT2D eigenvalue weighted by Gasteiger charge is -2.05. The van der Waals surface area contributed by atoms with Gasteiger partial charge < -0.3 is 11.1 Å². The summed E-state index contributed by atoms with van der Waals surface area (Å²) in [6.45, 7) is 4.71. The molecule has 0 spiro atoms. The van der Waals surface area contributed by atoms with E-state index in [0.29, 0.717) is 12.5 Å². The molecule has 2 heterocycles. The van der Waals surface area contributed by atoms with Gasteiger partial charge in [-0.15, -0.1) is 11.3 Å². The molecule has 0 aliphatic heterocycles. The Kier molecular flexibility index (Phi) is 4.03. The summed E-state index contributed by atoms with van der Waals surface area (Å²) >= 11 is 1.65. The number of rotatable bonds is 5. The molecule has 2 rings (SSSR count). The van der Waals surface area contributed by atoms with Gasteiger partial charge in [0, 0.05) is 17.5 Å². The van der Waals surface area contributed by atoms with Gasteiger partial charge in [-0.3, -0.25) is 0 Å². The van der Waals surface area contributed by atoms with Crippen molar-refractivity contribution in [1.82, 2.24) is 19.9 Å². The van der Waals surface area contributed by atoms with Crippen molar-refractivity contribution in [3.8, 4) is 0 Å². The van der Waals surface area contributed by atoms with Crippen LogP contribution in [-0.2, 0) is 13.0 Å². The quantitative estimate of drug-likeness (QED) is 0.855. The molecule has 0 atom stereocenters. The number of hydrogen-bond acceptors (Lipinski definition) is 7. The Labute approximate surface area is 110 Å². The molecular weight excluding hydrogens is 248 g/mol. The fourth-order valence-corrected chi connectivity index (χ4v) is 2.24. The molecule has 0 fully saturated rings. The number of hydrogen-bond donors (Lipinski definition) is 2. The molecular formula is C11H16N6S. The van der Waals surface area contributed by atoms with E-state index in [-0.39, 0.29) is 5.95 Å². The van der Waals surface area contributed by atoms with Crippen LogP contribution in [0.4, 0.5) is 11.9 Å². The molecule has 2 aromatic heterocycles. The Hall–Kier alpha value is -1.76. The minimum absolute atomic E-state index is 0.261. The molecule has 18 heavy (non-hydrogen) atoms. The molecule has 2 aromatic rings. The van der Waals surface area contributed by atoms with Gasteiger partial charge in [-0.25, -0.2) is 4.98 Å². The maximum atomic E-state index is 5.65. The first-order valence-electron chi connectivity index (χ1n) is 5.83. The second-order valence-electron chi connectivity index (χ2n) is 3.88. The van der Waals surface area contributed by atoms with Gasteiger partial charge in [0.25, 0.3) is 0 Å². The Balaban J connectivity index is 2.04. The predicted octanol–water partition coefficient (Wildman–Crippen LogP) is 1.78. The van der Waals surface area contributed by atoms with E-state index in [1.54, 1.807) is 11.3 Å². The van der Waals surface area contributed by atoms with Crippen LogP contribution in [0.1, 0.15) is 29.1 Å². The van der Waals surface area contributed by atoms with Gasteiger partial charge in [0.05, 0.1) is 11.6 Å². The first kappa shape index (κ1) is 12.7. The molecule has 0 bridgehead atoms. The van der Waals surface area contributed by atoms with Crippen molar-refractivity contribution in [3.05, 3.63) is 21.9 Å². The predicted molar refractivity (Wildman–Crippen MR) is 72.4 cm³/mol. The molecule has 7 heteroatoms. The summed E-state index contributed by atoms with van der Waals surface area (Å²) in [5.41, 5.74) is 5.65. The van der Waals surface area contributed by atoms with Gasteiger partial charge in [0.2, 0.25) is 11.9 Å². The second kappa shape index (κ2) is 5.72. The average Bonchev–Trinajstić information content (AvgIpc) is 2.72. The monoisotopic (exact) mass is 264 g/mol. The van der Waals surface area contributed by atoms with Crippen molar-refractivity contribution in [1.29, 1.82) is 0 Å². The maximum absolute atomic E-state index is 5.65. The van der Waals surface area contributed by atoms with Crippen molar-refractivity contribution in [2.24, 2.45) is 0 Å². The highest BCUT2D eigenvalue weighted by Gasteiger charge is 2.04. The number of aryl methyl sites for hydroxylation is 2. The van der Waals surface area contributed by atoms with Gasteiger partial charge in [-0.2, -0.15) is 15.0 Å². The highest BCUT2D eigenvalue weighted by atomic mass is 32.1. The number of thiazole rings is 1. The SMILES string of the molecule is CCCc1nc(N)nc(NCc2cnc(C)s2)n1. The zero-order valence-electron chi connectivity index (χ0n) is 10.5. The van der Waals surface area contributed by atoms with E-state index in [1.165, 1.54) is 0 Å². The lowest BCUT2D eigenvalue weighted by atomic mass is 10.3. The van der Waals surface area contributed by atoms with E-state index >= 15 is 0 Å². The first-order chi connectivity index (χ1) is 8.67. The van der Waals surface area contributed by atoms with E-state index in [4.69, 9.17) is 5.73 Å². The zero-order chi connectivity index (χ0) is 13.0. The lowest BCUT2D eigenvalue weighted by Crippen LogP contribution is -2.09. The molecule has 3 N–H and O–H groups in total. The summed E-state index contributed by atoms with van der Waals surface area (Å²) in [5.74, 6) is 1.52.